The lowest BCUT2D eigenvalue weighted by Gasteiger charge is -2.28. The molecule has 1 heterocycles. The number of hydrogen-bond acceptors (Lipinski definition) is 3. The van der Waals surface area contributed by atoms with Crippen LogP contribution in [0, 0.1) is 5.41 Å². The van der Waals surface area contributed by atoms with E-state index in [1.54, 1.807) is 0 Å². The van der Waals surface area contributed by atoms with Crippen LogP contribution in [-0.4, -0.2) is 24.7 Å². The quantitative estimate of drug-likeness (QED) is 0.526. The summed E-state index contributed by atoms with van der Waals surface area (Å²) in [5.41, 5.74) is 5.04. The molecule has 0 aliphatic carbocycles. The van der Waals surface area contributed by atoms with Gasteiger partial charge in [-0.2, -0.15) is 0 Å². The average Bonchev–Trinajstić information content (AvgIpc) is 3.15. The van der Waals surface area contributed by atoms with Gasteiger partial charge in [0.15, 0.2) is 0 Å². The number of nitrogens with one attached hydrogen (secondary N) is 1. The normalized spacial score (nSPS) is 19.7. The molecule has 3 heteroatoms. The van der Waals surface area contributed by atoms with Crippen LogP contribution in [0.1, 0.15) is 96.9 Å². The minimum Gasteiger partial charge on any atom is -0.461 e. The number of hydrogen-bond donors (Lipinski definition) is 1. The number of benzene rings is 2. The first kappa shape index (κ1) is 25.5. The standard InChI is InChI=1S/C30H43NO2/c1-28(2,3)22-14-10-20(11-15-22)26(21-12-16-23(17-13-21)29(4,5)6)25-18-24(19-31-25)33-27(32)30(7,8)9/h10-17,24-26,31H,18-19H2,1-9H3/t24-,25-/m1/s1. The first-order valence-corrected chi connectivity index (χ1v) is 12.3. The van der Waals surface area contributed by atoms with Crippen molar-refractivity contribution in [2.24, 2.45) is 5.41 Å². The van der Waals surface area contributed by atoms with Crippen molar-refractivity contribution in [3.05, 3.63) is 70.8 Å². The molecule has 0 unspecified atom stereocenters. The predicted octanol–water partition coefficient (Wildman–Crippen LogP) is 6.73. The molecule has 1 N–H and O–H groups in total. The third kappa shape index (κ3) is 6.26. The Hall–Kier alpha value is -2.13. The monoisotopic (exact) mass is 449 g/mol. The van der Waals surface area contributed by atoms with Gasteiger partial charge in [-0.1, -0.05) is 90.1 Å². The molecule has 0 amide bonds. The SMILES string of the molecule is CC(C)(C)C(=O)O[C@H]1CN[C@@H](C(c2ccc(C(C)(C)C)cc2)c2ccc(C(C)(C)C)cc2)C1. The lowest BCUT2D eigenvalue weighted by atomic mass is 9.80. The molecule has 2 aromatic carbocycles. The van der Waals surface area contributed by atoms with Gasteiger partial charge in [0.2, 0.25) is 0 Å². The highest BCUT2D eigenvalue weighted by molar-refractivity contribution is 5.75. The fourth-order valence-electron chi connectivity index (χ4n) is 4.44. The van der Waals surface area contributed by atoms with Crippen LogP contribution in [0.4, 0.5) is 0 Å². The third-order valence-electron chi connectivity index (χ3n) is 6.68. The van der Waals surface area contributed by atoms with Crippen LogP contribution in [0.2, 0.25) is 0 Å². The van der Waals surface area contributed by atoms with Crippen LogP contribution in [0.25, 0.3) is 0 Å². The molecule has 1 saturated heterocycles. The zero-order valence-corrected chi connectivity index (χ0v) is 22.1. The lowest BCUT2D eigenvalue weighted by molar-refractivity contribution is -0.157. The van der Waals surface area contributed by atoms with Gasteiger partial charge >= 0.3 is 5.97 Å². The van der Waals surface area contributed by atoms with Crippen molar-refractivity contribution in [2.75, 3.05) is 6.54 Å². The molecule has 1 fully saturated rings. The molecular formula is C30H43NO2. The van der Waals surface area contributed by atoms with Gasteiger partial charge in [-0.05, 0) is 53.9 Å². The van der Waals surface area contributed by atoms with E-state index in [1.165, 1.54) is 22.3 Å². The molecular weight excluding hydrogens is 406 g/mol. The summed E-state index contributed by atoms with van der Waals surface area (Å²) in [5.74, 6) is 0.0712. The number of ether oxygens (including phenoxy) is 1. The molecule has 33 heavy (non-hydrogen) atoms. The van der Waals surface area contributed by atoms with Crippen molar-refractivity contribution < 1.29 is 9.53 Å². The Morgan fingerprint density at radius 2 is 1.21 bits per heavy atom. The highest BCUT2D eigenvalue weighted by Gasteiger charge is 2.36. The third-order valence-corrected chi connectivity index (χ3v) is 6.68. The minimum absolute atomic E-state index is 0.0908. The van der Waals surface area contributed by atoms with Gasteiger partial charge in [-0.3, -0.25) is 4.79 Å². The highest BCUT2D eigenvalue weighted by atomic mass is 16.5. The second-order valence-electron chi connectivity index (χ2n) is 12.7. The predicted molar refractivity (Wildman–Crippen MR) is 138 cm³/mol. The van der Waals surface area contributed by atoms with Gasteiger partial charge < -0.3 is 10.1 Å². The largest absolute Gasteiger partial charge is 0.461 e. The van der Waals surface area contributed by atoms with E-state index < -0.39 is 5.41 Å². The van der Waals surface area contributed by atoms with Crippen molar-refractivity contribution >= 4 is 5.97 Å². The average molecular weight is 450 g/mol. The molecule has 2 atom stereocenters. The maximum absolute atomic E-state index is 12.4. The van der Waals surface area contributed by atoms with Crippen LogP contribution >= 0.6 is 0 Å². The molecule has 3 nitrogen and oxygen atoms in total. The van der Waals surface area contributed by atoms with Gasteiger partial charge in [0, 0.05) is 24.9 Å². The summed E-state index contributed by atoms with van der Waals surface area (Å²) in [6.45, 7) is 19.9. The summed E-state index contributed by atoms with van der Waals surface area (Å²) in [6, 6.07) is 18.4. The zero-order valence-electron chi connectivity index (χ0n) is 22.1. The van der Waals surface area contributed by atoms with Crippen molar-refractivity contribution in [3.63, 3.8) is 0 Å². The number of rotatable bonds is 4. The van der Waals surface area contributed by atoms with Crippen LogP contribution in [0.3, 0.4) is 0 Å². The molecule has 2 aromatic rings. The van der Waals surface area contributed by atoms with Crippen molar-refractivity contribution in [1.82, 2.24) is 5.32 Å². The second kappa shape index (κ2) is 9.25. The van der Waals surface area contributed by atoms with Crippen LogP contribution in [0.15, 0.2) is 48.5 Å². The molecule has 180 valence electrons. The van der Waals surface area contributed by atoms with E-state index in [0.717, 1.165) is 6.42 Å². The van der Waals surface area contributed by atoms with E-state index in [1.807, 2.05) is 20.8 Å². The van der Waals surface area contributed by atoms with Crippen molar-refractivity contribution in [2.45, 2.75) is 97.6 Å². The van der Waals surface area contributed by atoms with E-state index in [9.17, 15) is 4.79 Å². The van der Waals surface area contributed by atoms with E-state index in [4.69, 9.17) is 4.74 Å². The molecule has 1 aliphatic rings. The summed E-state index contributed by atoms with van der Waals surface area (Å²) in [4.78, 5) is 12.4. The Morgan fingerprint density at radius 3 is 1.58 bits per heavy atom. The molecule has 1 aliphatic heterocycles. The summed E-state index contributed by atoms with van der Waals surface area (Å²) in [7, 11) is 0. The Kier molecular flexibility index (Phi) is 7.15. The van der Waals surface area contributed by atoms with E-state index in [2.05, 4.69) is 95.4 Å². The summed E-state index contributed by atoms with van der Waals surface area (Å²) in [5, 5.41) is 3.67. The fourth-order valence-corrected chi connectivity index (χ4v) is 4.44. The smallest absolute Gasteiger partial charge is 0.311 e. The molecule has 0 spiro atoms. The molecule has 0 radical (unpaired) electrons. The summed E-state index contributed by atoms with van der Waals surface area (Å²) >= 11 is 0. The van der Waals surface area contributed by atoms with Gasteiger partial charge in [-0.25, -0.2) is 0 Å². The Balaban J connectivity index is 1.90. The summed E-state index contributed by atoms with van der Waals surface area (Å²) in [6.07, 6.45) is 0.723. The van der Waals surface area contributed by atoms with Crippen molar-refractivity contribution in [1.29, 1.82) is 0 Å². The van der Waals surface area contributed by atoms with Gasteiger partial charge in [0.05, 0.1) is 5.41 Å². The Labute approximate surface area is 201 Å². The number of esters is 1. The zero-order chi connectivity index (χ0) is 24.6. The number of carbonyl (C=O) groups is 1. The van der Waals surface area contributed by atoms with Gasteiger partial charge in [0.25, 0.3) is 0 Å². The van der Waals surface area contributed by atoms with Crippen LogP contribution in [-0.2, 0) is 20.4 Å². The molecule has 0 aromatic heterocycles. The Bertz CT molecular complexity index is 880. The Morgan fingerprint density at radius 1 is 0.788 bits per heavy atom. The molecule has 0 bridgehead atoms. The van der Waals surface area contributed by atoms with E-state index in [0.29, 0.717) is 6.54 Å². The van der Waals surface area contributed by atoms with Gasteiger partial charge in [0.1, 0.15) is 6.10 Å². The lowest BCUT2D eigenvalue weighted by Crippen LogP contribution is -2.30. The second-order valence-corrected chi connectivity index (χ2v) is 12.7. The fraction of sp³-hybridized carbons (Fsp3) is 0.567. The topological polar surface area (TPSA) is 38.3 Å². The molecule has 0 saturated carbocycles. The van der Waals surface area contributed by atoms with E-state index >= 15 is 0 Å². The maximum atomic E-state index is 12.4. The molecule has 3 rings (SSSR count). The first-order chi connectivity index (χ1) is 15.2. The summed E-state index contributed by atoms with van der Waals surface area (Å²) < 4.78 is 5.85. The maximum Gasteiger partial charge on any atom is 0.311 e. The minimum atomic E-state index is -0.483. The van der Waals surface area contributed by atoms with Crippen molar-refractivity contribution in [3.8, 4) is 0 Å². The van der Waals surface area contributed by atoms with Crippen LogP contribution < -0.4 is 5.32 Å². The number of carbonyl (C=O) groups excluding carboxylic acids is 1. The first-order valence-electron chi connectivity index (χ1n) is 12.3. The van der Waals surface area contributed by atoms with E-state index in [-0.39, 0.29) is 34.9 Å². The highest BCUT2D eigenvalue weighted by Crippen LogP contribution is 2.36. The van der Waals surface area contributed by atoms with Gasteiger partial charge in [-0.15, -0.1) is 0 Å². The van der Waals surface area contributed by atoms with Crippen LogP contribution in [0.5, 0.6) is 0 Å².